The normalized spacial score (nSPS) is 23.6. The van der Waals surface area contributed by atoms with E-state index in [-0.39, 0.29) is 18.0 Å². The summed E-state index contributed by atoms with van der Waals surface area (Å²) in [5.74, 6) is -0.484. The number of esters is 1. The van der Waals surface area contributed by atoms with Crippen molar-refractivity contribution in [1.29, 1.82) is 0 Å². The molecule has 1 aliphatic heterocycles. The maximum atomic E-state index is 11.6. The Bertz CT molecular complexity index is 316. The summed E-state index contributed by atoms with van der Waals surface area (Å²) >= 11 is 0. The van der Waals surface area contributed by atoms with E-state index in [0.717, 1.165) is 12.8 Å². The highest BCUT2D eigenvalue weighted by Gasteiger charge is 2.40. The molecule has 0 radical (unpaired) electrons. The van der Waals surface area contributed by atoms with Crippen LogP contribution in [0.1, 0.15) is 110 Å². The standard InChI is InChI=1S/C21H40O3/c1-3-4-5-6-7-8-9-10-11-12-13-14-15-16-17-19-20(22)18(2)24-21(19)23/h18-20,22H,3-17H2,1-2H3/t18-,19-,20+/m1/s1. The molecule has 3 heteroatoms. The fraction of sp³-hybridized carbons (Fsp3) is 0.952. The number of ether oxygens (including phenoxy) is 1. The van der Waals surface area contributed by atoms with Crippen molar-refractivity contribution in [3.8, 4) is 0 Å². The van der Waals surface area contributed by atoms with Gasteiger partial charge in [-0.3, -0.25) is 4.79 Å². The van der Waals surface area contributed by atoms with E-state index in [4.69, 9.17) is 4.74 Å². The first-order valence-corrected chi connectivity index (χ1v) is 10.6. The van der Waals surface area contributed by atoms with E-state index in [0.29, 0.717) is 0 Å². The molecule has 0 spiro atoms. The maximum Gasteiger partial charge on any atom is 0.312 e. The molecule has 0 aromatic rings. The summed E-state index contributed by atoms with van der Waals surface area (Å²) in [4.78, 5) is 11.6. The first-order valence-electron chi connectivity index (χ1n) is 10.6. The molecule has 0 aromatic carbocycles. The van der Waals surface area contributed by atoms with Crippen LogP contribution in [0, 0.1) is 5.92 Å². The molecule has 0 amide bonds. The number of carbonyl (C=O) groups is 1. The minimum Gasteiger partial charge on any atom is -0.460 e. The first kappa shape index (κ1) is 21.5. The number of cyclic esters (lactones) is 1. The van der Waals surface area contributed by atoms with Crippen molar-refractivity contribution in [3.63, 3.8) is 0 Å². The average Bonchev–Trinajstić information content (AvgIpc) is 2.81. The molecular formula is C21H40O3. The topological polar surface area (TPSA) is 46.5 Å². The Kier molecular flexibility index (Phi) is 12.2. The molecular weight excluding hydrogens is 300 g/mol. The van der Waals surface area contributed by atoms with Crippen molar-refractivity contribution in [2.75, 3.05) is 0 Å². The minimum absolute atomic E-state index is 0.204. The van der Waals surface area contributed by atoms with Gasteiger partial charge < -0.3 is 9.84 Å². The predicted octanol–water partition coefficient (Wildman–Crippen LogP) is 5.78. The Hall–Kier alpha value is -0.570. The molecule has 1 N–H and O–H groups in total. The van der Waals surface area contributed by atoms with Gasteiger partial charge in [0.2, 0.25) is 0 Å². The van der Waals surface area contributed by atoms with E-state index < -0.39 is 6.10 Å². The number of carbonyl (C=O) groups excluding carboxylic acids is 1. The minimum atomic E-state index is -0.598. The molecule has 1 fully saturated rings. The Balaban J connectivity index is 1.80. The van der Waals surface area contributed by atoms with Crippen molar-refractivity contribution >= 4 is 5.97 Å². The van der Waals surface area contributed by atoms with Crippen LogP contribution in [0.5, 0.6) is 0 Å². The van der Waals surface area contributed by atoms with E-state index in [1.165, 1.54) is 83.5 Å². The molecule has 142 valence electrons. The number of aliphatic hydroxyl groups excluding tert-OH is 1. The van der Waals surface area contributed by atoms with Gasteiger partial charge in [0, 0.05) is 0 Å². The Labute approximate surface area is 149 Å². The third-order valence-electron chi connectivity index (χ3n) is 5.37. The quantitative estimate of drug-likeness (QED) is 0.303. The molecule has 1 rings (SSSR count). The predicted molar refractivity (Wildman–Crippen MR) is 100.0 cm³/mol. The van der Waals surface area contributed by atoms with E-state index >= 15 is 0 Å². The number of hydrogen-bond acceptors (Lipinski definition) is 3. The molecule has 24 heavy (non-hydrogen) atoms. The van der Waals surface area contributed by atoms with Crippen LogP contribution in [0.2, 0.25) is 0 Å². The van der Waals surface area contributed by atoms with Gasteiger partial charge in [0.05, 0.1) is 5.92 Å². The van der Waals surface area contributed by atoms with Crippen LogP contribution in [0.15, 0.2) is 0 Å². The van der Waals surface area contributed by atoms with Gasteiger partial charge in [0.25, 0.3) is 0 Å². The van der Waals surface area contributed by atoms with Crippen LogP contribution in [0.3, 0.4) is 0 Å². The van der Waals surface area contributed by atoms with Crippen molar-refractivity contribution in [3.05, 3.63) is 0 Å². The van der Waals surface area contributed by atoms with E-state index in [1.807, 2.05) is 0 Å². The fourth-order valence-electron chi connectivity index (χ4n) is 3.65. The summed E-state index contributed by atoms with van der Waals surface area (Å²) in [5, 5.41) is 9.89. The molecule has 1 heterocycles. The highest BCUT2D eigenvalue weighted by Crippen LogP contribution is 2.26. The molecule has 0 bridgehead atoms. The lowest BCUT2D eigenvalue weighted by atomic mass is 9.95. The zero-order chi connectivity index (χ0) is 17.6. The second-order valence-electron chi connectivity index (χ2n) is 7.62. The van der Waals surface area contributed by atoms with Crippen LogP contribution in [-0.4, -0.2) is 23.3 Å². The van der Waals surface area contributed by atoms with Crippen LogP contribution in [0.25, 0.3) is 0 Å². The molecule has 0 saturated carbocycles. The van der Waals surface area contributed by atoms with E-state index in [2.05, 4.69) is 6.92 Å². The van der Waals surface area contributed by atoms with E-state index in [9.17, 15) is 9.90 Å². The number of unbranched alkanes of at least 4 members (excludes halogenated alkanes) is 13. The molecule has 1 saturated heterocycles. The molecule has 0 unspecified atom stereocenters. The number of rotatable bonds is 15. The Morgan fingerprint density at radius 1 is 0.792 bits per heavy atom. The average molecular weight is 341 g/mol. The SMILES string of the molecule is CCCCCCCCCCCCCCCC[C@H]1C(=O)O[C@H](C)[C@@H]1O. The van der Waals surface area contributed by atoms with Gasteiger partial charge in [-0.05, 0) is 13.3 Å². The zero-order valence-corrected chi connectivity index (χ0v) is 16.1. The monoisotopic (exact) mass is 340 g/mol. The van der Waals surface area contributed by atoms with Gasteiger partial charge in [-0.15, -0.1) is 0 Å². The molecule has 0 aliphatic carbocycles. The summed E-state index contributed by atoms with van der Waals surface area (Å²) in [6, 6.07) is 0. The zero-order valence-electron chi connectivity index (χ0n) is 16.1. The van der Waals surface area contributed by atoms with Crippen LogP contribution in [0.4, 0.5) is 0 Å². The van der Waals surface area contributed by atoms with Crippen molar-refractivity contribution in [2.24, 2.45) is 5.92 Å². The fourth-order valence-corrected chi connectivity index (χ4v) is 3.65. The smallest absolute Gasteiger partial charge is 0.312 e. The van der Waals surface area contributed by atoms with Gasteiger partial charge in [0.1, 0.15) is 12.2 Å². The Morgan fingerprint density at radius 2 is 1.21 bits per heavy atom. The highest BCUT2D eigenvalue weighted by atomic mass is 16.6. The summed E-state index contributed by atoms with van der Waals surface area (Å²) in [6.07, 6.45) is 18.6. The van der Waals surface area contributed by atoms with E-state index in [1.54, 1.807) is 6.92 Å². The summed E-state index contributed by atoms with van der Waals surface area (Å²) in [5.41, 5.74) is 0. The van der Waals surface area contributed by atoms with Gasteiger partial charge >= 0.3 is 5.97 Å². The third kappa shape index (κ3) is 9.05. The highest BCUT2D eigenvalue weighted by molar-refractivity contribution is 5.75. The number of hydrogen-bond donors (Lipinski definition) is 1. The summed E-state index contributed by atoms with van der Waals surface area (Å²) in [6.45, 7) is 4.04. The number of aliphatic hydroxyl groups is 1. The van der Waals surface area contributed by atoms with Crippen LogP contribution >= 0.6 is 0 Å². The molecule has 3 nitrogen and oxygen atoms in total. The third-order valence-corrected chi connectivity index (χ3v) is 5.37. The first-order chi connectivity index (χ1) is 11.7. The van der Waals surface area contributed by atoms with Crippen molar-refractivity contribution in [1.82, 2.24) is 0 Å². The summed E-state index contributed by atoms with van der Waals surface area (Å²) in [7, 11) is 0. The maximum absolute atomic E-state index is 11.6. The Morgan fingerprint density at radius 3 is 1.58 bits per heavy atom. The lowest BCUT2D eigenvalue weighted by molar-refractivity contribution is -0.143. The van der Waals surface area contributed by atoms with Crippen molar-refractivity contribution < 1.29 is 14.6 Å². The lowest BCUT2D eigenvalue weighted by Crippen LogP contribution is -2.24. The molecule has 3 atom stereocenters. The molecule has 1 aliphatic rings. The summed E-state index contributed by atoms with van der Waals surface area (Å²) < 4.78 is 5.07. The van der Waals surface area contributed by atoms with Crippen molar-refractivity contribution in [2.45, 2.75) is 122 Å². The van der Waals surface area contributed by atoms with Gasteiger partial charge in [-0.25, -0.2) is 0 Å². The second kappa shape index (κ2) is 13.7. The van der Waals surface area contributed by atoms with Gasteiger partial charge in [0.15, 0.2) is 0 Å². The van der Waals surface area contributed by atoms with Gasteiger partial charge in [-0.2, -0.15) is 0 Å². The van der Waals surface area contributed by atoms with Gasteiger partial charge in [-0.1, -0.05) is 96.8 Å². The van der Waals surface area contributed by atoms with Crippen LogP contribution in [-0.2, 0) is 9.53 Å². The molecule has 0 aromatic heterocycles. The lowest BCUT2D eigenvalue weighted by Gasteiger charge is -2.11. The largest absolute Gasteiger partial charge is 0.460 e. The van der Waals surface area contributed by atoms with Crippen LogP contribution < -0.4 is 0 Å². The second-order valence-corrected chi connectivity index (χ2v) is 7.62.